The molecule has 2 rings (SSSR count). The zero-order valence-corrected chi connectivity index (χ0v) is 13.2. The molecule has 1 atom stereocenters. The lowest BCUT2D eigenvalue weighted by Crippen LogP contribution is -2.22. The molecule has 0 saturated heterocycles. The van der Waals surface area contributed by atoms with Gasteiger partial charge >= 0.3 is 0 Å². The Kier molecular flexibility index (Phi) is 5.03. The zero-order valence-electron chi connectivity index (χ0n) is 11.7. The molecule has 0 saturated carbocycles. The average molecular weight is 294 g/mol. The maximum Gasteiger partial charge on any atom is 0.0585 e. The van der Waals surface area contributed by atoms with Gasteiger partial charge in [-0.05, 0) is 61.0 Å². The SMILES string of the molecule is CCCNC(c1csc(C)c1)c1ccc(Cl)c(C)c1. The summed E-state index contributed by atoms with van der Waals surface area (Å²) >= 11 is 7.92. The topological polar surface area (TPSA) is 12.0 Å². The fourth-order valence-corrected chi connectivity index (χ4v) is 3.03. The first-order valence-electron chi connectivity index (χ1n) is 6.66. The van der Waals surface area contributed by atoms with Crippen LogP contribution in [0.15, 0.2) is 29.6 Å². The number of hydrogen-bond acceptors (Lipinski definition) is 2. The molecular formula is C16H20ClNS. The van der Waals surface area contributed by atoms with Gasteiger partial charge in [-0.15, -0.1) is 11.3 Å². The Morgan fingerprint density at radius 1 is 1.21 bits per heavy atom. The predicted octanol–water partition coefficient (Wildman–Crippen LogP) is 5.11. The molecule has 2 aromatic rings. The van der Waals surface area contributed by atoms with E-state index in [0.29, 0.717) is 0 Å². The summed E-state index contributed by atoms with van der Waals surface area (Å²) < 4.78 is 0. The number of halogens is 1. The summed E-state index contributed by atoms with van der Waals surface area (Å²) in [5.41, 5.74) is 3.76. The molecule has 0 amide bonds. The minimum atomic E-state index is 0.265. The van der Waals surface area contributed by atoms with E-state index in [4.69, 9.17) is 11.6 Å². The zero-order chi connectivity index (χ0) is 13.8. The van der Waals surface area contributed by atoms with Crippen LogP contribution in [-0.2, 0) is 0 Å². The molecule has 3 heteroatoms. The van der Waals surface area contributed by atoms with Crippen LogP contribution < -0.4 is 5.32 Å². The summed E-state index contributed by atoms with van der Waals surface area (Å²) in [5, 5.41) is 6.70. The molecular weight excluding hydrogens is 274 g/mol. The van der Waals surface area contributed by atoms with Crippen molar-refractivity contribution in [2.75, 3.05) is 6.54 Å². The normalized spacial score (nSPS) is 12.6. The molecule has 1 N–H and O–H groups in total. The fourth-order valence-electron chi connectivity index (χ4n) is 2.18. The van der Waals surface area contributed by atoms with Crippen LogP contribution in [0.25, 0.3) is 0 Å². The lowest BCUT2D eigenvalue weighted by molar-refractivity contribution is 0.599. The van der Waals surface area contributed by atoms with Crippen LogP contribution in [0, 0.1) is 13.8 Å². The molecule has 102 valence electrons. The average Bonchev–Trinajstić information content (AvgIpc) is 2.80. The summed E-state index contributed by atoms with van der Waals surface area (Å²) in [5.74, 6) is 0. The highest BCUT2D eigenvalue weighted by Crippen LogP contribution is 2.28. The Bertz CT molecular complexity index is 547. The summed E-state index contributed by atoms with van der Waals surface area (Å²) in [4.78, 5) is 1.35. The van der Waals surface area contributed by atoms with E-state index in [1.807, 2.05) is 6.07 Å². The van der Waals surface area contributed by atoms with Gasteiger partial charge in [-0.25, -0.2) is 0 Å². The number of hydrogen-bond donors (Lipinski definition) is 1. The predicted molar refractivity (Wildman–Crippen MR) is 85.4 cm³/mol. The molecule has 1 nitrogen and oxygen atoms in total. The maximum absolute atomic E-state index is 6.12. The van der Waals surface area contributed by atoms with Crippen LogP contribution in [0.2, 0.25) is 5.02 Å². The second-order valence-corrected chi connectivity index (χ2v) is 6.41. The summed E-state index contributed by atoms with van der Waals surface area (Å²) in [6.45, 7) is 7.41. The molecule has 1 heterocycles. The second kappa shape index (κ2) is 6.56. The van der Waals surface area contributed by atoms with Gasteiger partial charge in [-0.2, -0.15) is 0 Å². The van der Waals surface area contributed by atoms with Crippen molar-refractivity contribution in [3.63, 3.8) is 0 Å². The quantitative estimate of drug-likeness (QED) is 0.808. The van der Waals surface area contributed by atoms with Crippen LogP contribution in [0.3, 0.4) is 0 Å². The van der Waals surface area contributed by atoms with Gasteiger partial charge in [0, 0.05) is 9.90 Å². The maximum atomic E-state index is 6.12. The van der Waals surface area contributed by atoms with Crippen LogP contribution in [-0.4, -0.2) is 6.54 Å². The van der Waals surface area contributed by atoms with E-state index >= 15 is 0 Å². The summed E-state index contributed by atoms with van der Waals surface area (Å²) in [6.07, 6.45) is 1.13. The van der Waals surface area contributed by atoms with E-state index in [0.717, 1.165) is 23.6 Å². The van der Waals surface area contributed by atoms with E-state index in [2.05, 4.69) is 49.7 Å². The smallest absolute Gasteiger partial charge is 0.0585 e. The van der Waals surface area contributed by atoms with Gasteiger partial charge in [0.15, 0.2) is 0 Å². The first kappa shape index (κ1) is 14.6. The molecule has 0 spiro atoms. The molecule has 0 radical (unpaired) electrons. The van der Waals surface area contributed by atoms with Gasteiger partial charge in [-0.3, -0.25) is 0 Å². The van der Waals surface area contributed by atoms with Crippen molar-refractivity contribution in [2.24, 2.45) is 0 Å². The minimum absolute atomic E-state index is 0.265. The third-order valence-corrected chi connectivity index (χ3v) is 4.50. The van der Waals surface area contributed by atoms with Crippen molar-refractivity contribution in [1.82, 2.24) is 5.32 Å². The second-order valence-electron chi connectivity index (χ2n) is 4.89. The molecule has 0 fully saturated rings. The molecule has 0 aliphatic heterocycles. The molecule has 19 heavy (non-hydrogen) atoms. The van der Waals surface area contributed by atoms with E-state index < -0.39 is 0 Å². The third kappa shape index (κ3) is 3.59. The highest BCUT2D eigenvalue weighted by Gasteiger charge is 2.15. The third-order valence-electron chi connectivity index (χ3n) is 3.20. The number of rotatable bonds is 5. The van der Waals surface area contributed by atoms with E-state index in [9.17, 15) is 0 Å². The van der Waals surface area contributed by atoms with Crippen LogP contribution in [0.5, 0.6) is 0 Å². The van der Waals surface area contributed by atoms with Gasteiger partial charge < -0.3 is 5.32 Å². The first-order valence-corrected chi connectivity index (χ1v) is 7.92. The molecule has 1 unspecified atom stereocenters. The number of nitrogens with one attached hydrogen (secondary N) is 1. The van der Waals surface area contributed by atoms with Crippen LogP contribution >= 0.6 is 22.9 Å². The van der Waals surface area contributed by atoms with E-state index in [1.54, 1.807) is 11.3 Å². The van der Waals surface area contributed by atoms with Gasteiger partial charge in [-0.1, -0.05) is 30.7 Å². The van der Waals surface area contributed by atoms with Gasteiger partial charge in [0.25, 0.3) is 0 Å². The lowest BCUT2D eigenvalue weighted by Gasteiger charge is -2.19. The number of thiophene rings is 1. The molecule has 1 aromatic carbocycles. The van der Waals surface area contributed by atoms with E-state index in [1.165, 1.54) is 16.0 Å². The molecule has 0 aliphatic carbocycles. The number of aryl methyl sites for hydroxylation is 2. The summed E-state index contributed by atoms with van der Waals surface area (Å²) in [6, 6.07) is 8.83. The van der Waals surface area contributed by atoms with Crippen molar-refractivity contribution in [3.05, 3.63) is 56.2 Å². The fraction of sp³-hybridized carbons (Fsp3) is 0.375. The minimum Gasteiger partial charge on any atom is -0.306 e. The van der Waals surface area contributed by atoms with Crippen molar-refractivity contribution < 1.29 is 0 Å². The van der Waals surface area contributed by atoms with Crippen molar-refractivity contribution in [2.45, 2.75) is 33.2 Å². The van der Waals surface area contributed by atoms with Gasteiger partial charge in [0.05, 0.1) is 6.04 Å². The van der Waals surface area contributed by atoms with Crippen molar-refractivity contribution in [3.8, 4) is 0 Å². The van der Waals surface area contributed by atoms with Crippen LogP contribution in [0.1, 0.15) is 41.0 Å². The van der Waals surface area contributed by atoms with Crippen LogP contribution in [0.4, 0.5) is 0 Å². The van der Waals surface area contributed by atoms with E-state index in [-0.39, 0.29) is 6.04 Å². The molecule has 0 aliphatic rings. The number of benzene rings is 1. The highest BCUT2D eigenvalue weighted by atomic mass is 35.5. The Morgan fingerprint density at radius 2 is 2.00 bits per heavy atom. The largest absolute Gasteiger partial charge is 0.306 e. The van der Waals surface area contributed by atoms with Crippen molar-refractivity contribution >= 4 is 22.9 Å². The van der Waals surface area contributed by atoms with Gasteiger partial charge in [0.1, 0.15) is 0 Å². The monoisotopic (exact) mass is 293 g/mol. The Balaban J connectivity index is 2.33. The lowest BCUT2D eigenvalue weighted by atomic mass is 9.99. The molecule has 1 aromatic heterocycles. The standard InChI is InChI=1S/C16H20ClNS/c1-4-7-18-16(14-9-12(3)19-10-14)13-5-6-15(17)11(2)8-13/h5-6,8-10,16,18H,4,7H2,1-3H3. The Morgan fingerprint density at radius 3 is 2.58 bits per heavy atom. The van der Waals surface area contributed by atoms with Crippen molar-refractivity contribution in [1.29, 1.82) is 0 Å². The highest BCUT2D eigenvalue weighted by molar-refractivity contribution is 7.10. The first-order chi connectivity index (χ1) is 9.11. The Hall–Kier alpha value is -0.830. The Labute approximate surface area is 124 Å². The molecule has 0 bridgehead atoms. The van der Waals surface area contributed by atoms with Gasteiger partial charge in [0.2, 0.25) is 0 Å². The summed E-state index contributed by atoms with van der Waals surface area (Å²) in [7, 11) is 0.